The summed E-state index contributed by atoms with van der Waals surface area (Å²) in [5.41, 5.74) is -0.490. The molecule has 0 radical (unpaired) electrons. The molecule has 0 bridgehead atoms. The lowest BCUT2D eigenvalue weighted by Crippen LogP contribution is -2.38. The molecule has 2 aliphatic rings. The Labute approximate surface area is 146 Å². The van der Waals surface area contributed by atoms with Crippen LogP contribution in [0.4, 0.5) is 4.79 Å². The Bertz CT molecular complexity index is 438. The number of carbonyl (C=O) groups is 2. The monoisotopic (exact) mass is 338 g/mol. The number of carbonyl (C=O) groups excluding carboxylic acids is 2. The summed E-state index contributed by atoms with van der Waals surface area (Å²) in [6.45, 7) is 7.53. The predicted octanol–water partition coefficient (Wildman–Crippen LogP) is 3.67. The van der Waals surface area contributed by atoms with Gasteiger partial charge in [0.2, 0.25) is 5.91 Å². The van der Waals surface area contributed by atoms with E-state index in [1.807, 2.05) is 32.7 Å². The summed E-state index contributed by atoms with van der Waals surface area (Å²) in [7, 11) is 1.90. The van der Waals surface area contributed by atoms with Crippen molar-refractivity contribution in [2.45, 2.75) is 71.3 Å². The topological polar surface area (TPSA) is 49.9 Å². The zero-order valence-corrected chi connectivity index (χ0v) is 15.8. The first-order chi connectivity index (χ1) is 11.3. The van der Waals surface area contributed by atoms with Crippen molar-refractivity contribution in [2.75, 3.05) is 26.7 Å². The lowest BCUT2D eigenvalue weighted by Gasteiger charge is -2.26. The van der Waals surface area contributed by atoms with E-state index in [0.717, 1.165) is 25.3 Å². The number of ether oxygens (including phenoxy) is 1. The van der Waals surface area contributed by atoms with E-state index in [1.54, 1.807) is 4.90 Å². The number of nitrogens with zero attached hydrogens (tertiary/aromatic N) is 2. The van der Waals surface area contributed by atoms with Crippen LogP contribution >= 0.6 is 0 Å². The molecule has 1 aliphatic carbocycles. The summed E-state index contributed by atoms with van der Waals surface area (Å²) < 4.78 is 5.40. The summed E-state index contributed by atoms with van der Waals surface area (Å²) in [6.07, 6.45) is 8.24. The molecule has 1 atom stereocenters. The van der Waals surface area contributed by atoms with Gasteiger partial charge in [-0.15, -0.1) is 0 Å². The zero-order chi connectivity index (χ0) is 17.7. The van der Waals surface area contributed by atoms with Crippen LogP contribution in [0.25, 0.3) is 0 Å². The van der Waals surface area contributed by atoms with Crippen LogP contribution in [0.15, 0.2) is 0 Å². The van der Waals surface area contributed by atoms with E-state index in [-0.39, 0.29) is 17.9 Å². The van der Waals surface area contributed by atoms with Crippen LogP contribution in [-0.2, 0) is 9.53 Å². The average Bonchev–Trinajstić information content (AvgIpc) is 3.01. The van der Waals surface area contributed by atoms with Crippen molar-refractivity contribution in [1.82, 2.24) is 9.80 Å². The van der Waals surface area contributed by atoms with Crippen LogP contribution in [0.1, 0.15) is 65.7 Å². The summed E-state index contributed by atoms with van der Waals surface area (Å²) in [5.74, 6) is 0.890. The Kier molecular flexibility index (Phi) is 6.53. The molecule has 138 valence electrons. The maximum absolute atomic E-state index is 12.6. The van der Waals surface area contributed by atoms with Gasteiger partial charge >= 0.3 is 6.09 Å². The normalized spacial score (nSPS) is 22.5. The molecule has 2 amide bonds. The first kappa shape index (κ1) is 19.1. The molecule has 1 heterocycles. The Morgan fingerprint density at radius 1 is 1.12 bits per heavy atom. The maximum Gasteiger partial charge on any atom is 0.410 e. The molecule has 0 N–H and O–H groups in total. The van der Waals surface area contributed by atoms with Crippen LogP contribution < -0.4 is 0 Å². The first-order valence-corrected chi connectivity index (χ1v) is 9.49. The quantitative estimate of drug-likeness (QED) is 0.786. The minimum absolute atomic E-state index is 0.0751. The van der Waals surface area contributed by atoms with Crippen molar-refractivity contribution >= 4 is 12.0 Å². The van der Waals surface area contributed by atoms with Crippen LogP contribution in [0.5, 0.6) is 0 Å². The van der Waals surface area contributed by atoms with Crippen LogP contribution in [0, 0.1) is 11.8 Å². The van der Waals surface area contributed by atoms with E-state index < -0.39 is 5.60 Å². The second kappa shape index (κ2) is 8.21. The lowest BCUT2D eigenvalue weighted by molar-refractivity contribution is -0.133. The van der Waals surface area contributed by atoms with Crippen LogP contribution in [0.2, 0.25) is 0 Å². The molecule has 1 aliphatic heterocycles. The molecule has 2 rings (SSSR count). The molecular weight excluding hydrogens is 304 g/mol. The summed E-state index contributed by atoms with van der Waals surface area (Å²) >= 11 is 0. The Hall–Kier alpha value is -1.26. The smallest absolute Gasteiger partial charge is 0.410 e. The fraction of sp³-hybridized carbons (Fsp3) is 0.895. The highest BCUT2D eigenvalue weighted by Gasteiger charge is 2.34. The number of likely N-dealkylation sites (tertiary alicyclic amines) is 1. The first-order valence-electron chi connectivity index (χ1n) is 9.49. The van der Waals surface area contributed by atoms with E-state index in [1.165, 1.54) is 32.1 Å². The van der Waals surface area contributed by atoms with Crippen molar-refractivity contribution < 1.29 is 14.3 Å². The SMILES string of the molecule is CN(CCC1CCCCC1)C(=O)C1CCN(C(=O)OC(C)(C)C)C1. The van der Waals surface area contributed by atoms with Gasteiger partial charge in [-0.3, -0.25) is 4.79 Å². The van der Waals surface area contributed by atoms with E-state index in [9.17, 15) is 9.59 Å². The third-order valence-electron chi connectivity index (χ3n) is 5.16. The fourth-order valence-corrected chi connectivity index (χ4v) is 3.73. The second-order valence-electron chi connectivity index (χ2n) is 8.46. The molecule has 0 aromatic carbocycles. The second-order valence-corrected chi connectivity index (χ2v) is 8.46. The third-order valence-corrected chi connectivity index (χ3v) is 5.16. The van der Waals surface area contributed by atoms with Gasteiger partial charge in [-0.25, -0.2) is 4.79 Å². The standard InChI is InChI=1S/C19H34N2O3/c1-19(2,3)24-18(23)21-13-11-16(14-21)17(22)20(4)12-10-15-8-6-5-7-9-15/h15-16H,5-14H2,1-4H3. The van der Waals surface area contributed by atoms with Crippen molar-refractivity contribution in [3.63, 3.8) is 0 Å². The summed E-state index contributed by atoms with van der Waals surface area (Å²) in [4.78, 5) is 28.3. The van der Waals surface area contributed by atoms with Gasteiger partial charge in [-0.2, -0.15) is 0 Å². The number of amides is 2. The van der Waals surface area contributed by atoms with Gasteiger partial charge in [0.15, 0.2) is 0 Å². The molecule has 24 heavy (non-hydrogen) atoms. The molecule has 0 aromatic rings. The predicted molar refractivity (Wildman–Crippen MR) is 94.7 cm³/mol. The number of hydrogen-bond acceptors (Lipinski definition) is 3. The van der Waals surface area contributed by atoms with E-state index in [4.69, 9.17) is 4.74 Å². The van der Waals surface area contributed by atoms with Gasteiger partial charge in [0.05, 0.1) is 5.92 Å². The van der Waals surface area contributed by atoms with Gasteiger partial charge in [-0.1, -0.05) is 32.1 Å². The highest BCUT2D eigenvalue weighted by atomic mass is 16.6. The molecule has 1 saturated carbocycles. The molecule has 1 saturated heterocycles. The zero-order valence-electron chi connectivity index (χ0n) is 15.8. The molecule has 0 spiro atoms. The minimum atomic E-state index is -0.490. The highest BCUT2D eigenvalue weighted by molar-refractivity contribution is 5.80. The highest BCUT2D eigenvalue weighted by Crippen LogP contribution is 2.27. The molecule has 5 nitrogen and oxygen atoms in total. The molecule has 0 aromatic heterocycles. The molecule has 1 unspecified atom stereocenters. The van der Waals surface area contributed by atoms with Crippen molar-refractivity contribution in [1.29, 1.82) is 0 Å². The Morgan fingerprint density at radius 2 is 1.79 bits per heavy atom. The van der Waals surface area contributed by atoms with E-state index in [0.29, 0.717) is 13.1 Å². The lowest BCUT2D eigenvalue weighted by atomic mass is 9.87. The van der Waals surface area contributed by atoms with Gasteiger partial charge in [0, 0.05) is 26.7 Å². The van der Waals surface area contributed by atoms with Crippen LogP contribution in [-0.4, -0.2) is 54.1 Å². The minimum Gasteiger partial charge on any atom is -0.444 e. The third kappa shape index (κ3) is 5.67. The van der Waals surface area contributed by atoms with Gasteiger partial charge < -0.3 is 14.5 Å². The van der Waals surface area contributed by atoms with Crippen molar-refractivity contribution in [3.8, 4) is 0 Å². The van der Waals surface area contributed by atoms with E-state index >= 15 is 0 Å². The van der Waals surface area contributed by atoms with Crippen LogP contribution in [0.3, 0.4) is 0 Å². The average molecular weight is 338 g/mol. The van der Waals surface area contributed by atoms with Gasteiger partial charge in [0.1, 0.15) is 5.60 Å². The molecule has 5 heteroatoms. The van der Waals surface area contributed by atoms with E-state index in [2.05, 4.69) is 0 Å². The fourth-order valence-electron chi connectivity index (χ4n) is 3.73. The van der Waals surface area contributed by atoms with Gasteiger partial charge in [-0.05, 0) is 39.5 Å². The van der Waals surface area contributed by atoms with Crippen molar-refractivity contribution in [2.24, 2.45) is 11.8 Å². The van der Waals surface area contributed by atoms with Gasteiger partial charge in [0.25, 0.3) is 0 Å². The molecule has 2 fully saturated rings. The Morgan fingerprint density at radius 3 is 2.42 bits per heavy atom. The number of rotatable bonds is 4. The molecular formula is C19H34N2O3. The summed E-state index contributed by atoms with van der Waals surface area (Å²) in [6, 6.07) is 0. The van der Waals surface area contributed by atoms with Crippen molar-refractivity contribution in [3.05, 3.63) is 0 Å². The largest absolute Gasteiger partial charge is 0.444 e. The Balaban J connectivity index is 1.75. The summed E-state index contributed by atoms with van der Waals surface area (Å²) in [5, 5.41) is 0. The number of hydrogen-bond donors (Lipinski definition) is 0. The maximum atomic E-state index is 12.6.